The SMILES string of the molecule is Cc1cccc(CC(=O)N2CCC3=C(C2)C(c2ccncc2)=NC3)c1.O=C(Cc1ccccc1-c1ccccc1)N1CCc2[nH]nc(-c3ccncc3)c2C1.O=C(Cc1ccccc1-c1cccnc1)N1CCc2[nH]nc(-c3ccncc3)c2C1.O=C(Cc1ccccc1Br)N1CCc2[nH]nc(-c3ccncc3)c2C1. The van der Waals surface area contributed by atoms with Gasteiger partial charge in [0.2, 0.25) is 23.6 Å². The maximum absolute atomic E-state index is 13.2. The van der Waals surface area contributed by atoms with Crippen molar-refractivity contribution >= 4 is 45.3 Å². The van der Waals surface area contributed by atoms with E-state index in [0.717, 1.165) is 167 Å². The lowest BCUT2D eigenvalue weighted by molar-refractivity contribution is -0.132. The molecule has 8 aromatic heterocycles. The van der Waals surface area contributed by atoms with E-state index in [-0.39, 0.29) is 23.6 Å². The summed E-state index contributed by atoms with van der Waals surface area (Å²) in [5.41, 5.74) is 26.9. The topological polar surface area (TPSA) is 244 Å². The lowest BCUT2D eigenvalue weighted by Gasteiger charge is -2.29. The molecule has 0 saturated carbocycles. The maximum Gasteiger partial charge on any atom is 0.227 e. The number of hydrogen-bond donors (Lipinski definition) is 3. The van der Waals surface area contributed by atoms with Crippen LogP contribution in [0.1, 0.15) is 73.6 Å². The first-order chi connectivity index (χ1) is 54.0. The van der Waals surface area contributed by atoms with E-state index in [1.54, 1.807) is 55.8 Å². The Morgan fingerprint density at radius 2 is 0.800 bits per heavy atom. The molecule has 3 N–H and O–H groups in total. The number of aryl methyl sites for hydroxylation is 1. The molecule has 5 aromatic carbocycles. The van der Waals surface area contributed by atoms with E-state index in [9.17, 15) is 19.2 Å². The normalized spacial score (nSPS) is 14.0. The number of aromatic amines is 3. The fourth-order valence-electron chi connectivity index (χ4n) is 14.9. The number of nitrogens with one attached hydrogen (secondary N) is 3. The second-order valence-corrected chi connectivity index (χ2v) is 28.6. The number of fused-ring (bicyclic) bond motifs is 3. The van der Waals surface area contributed by atoms with Crippen LogP contribution in [-0.4, -0.2) is 144 Å². The molecule has 0 unspecified atom stereocenters. The van der Waals surface area contributed by atoms with Crippen molar-refractivity contribution in [3.63, 3.8) is 0 Å². The number of aromatic nitrogens is 11. The number of rotatable bonds is 14. The fourth-order valence-corrected chi connectivity index (χ4v) is 15.3. The van der Waals surface area contributed by atoms with Crippen molar-refractivity contribution in [2.45, 2.75) is 77.9 Å². The van der Waals surface area contributed by atoms with E-state index in [4.69, 9.17) is 4.99 Å². The van der Waals surface area contributed by atoms with Crippen LogP contribution < -0.4 is 0 Å². The van der Waals surface area contributed by atoms with Gasteiger partial charge < -0.3 is 19.6 Å². The Kier molecular flexibility index (Phi) is 22.8. The summed E-state index contributed by atoms with van der Waals surface area (Å²) >= 11 is 3.52. The molecule has 0 fully saturated rings. The first-order valence-electron chi connectivity index (χ1n) is 37.1. The highest BCUT2D eigenvalue weighted by Gasteiger charge is 2.32. The third-order valence-electron chi connectivity index (χ3n) is 20.7. The Labute approximate surface area is 646 Å². The molecule has 21 heteroatoms. The highest BCUT2D eigenvalue weighted by atomic mass is 79.9. The van der Waals surface area contributed by atoms with E-state index in [0.29, 0.717) is 71.5 Å². The van der Waals surface area contributed by atoms with Gasteiger partial charge in [-0.05, 0) is 124 Å². The summed E-state index contributed by atoms with van der Waals surface area (Å²) in [4.78, 5) is 85.0. The van der Waals surface area contributed by atoms with Crippen molar-refractivity contribution in [2.24, 2.45) is 4.99 Å². The molecule has 548 valence electrons. The minimum Gasteiger partial charge on any atom is -0.338 e. The van der Waals surface area contributed by atoms with Crippen LogP contribution in [0.15, 0.2) is 271 Å². The minimum atomic E-state index is 0.124. The van der Waals surface area contributed by atoms with Crippen LogP contribution in [0.25, 0.3) is 56.0 Å². The molecule has 13 heterocycles. The van der Waals surface area contributed by atoms with E-state index in [1.807, 2.05) is 177 Å². The van der Waals surface area contributed by atoms with Crippen molar-refractivity contribution in [2.75, 3.05) is 39.3 Å². The van der Waals surface area contributed by atoms with Crippen LogP contribution in [0.5, 0.6) is 0 Å². The molecule has 0 radical (unpaired) electrons. The number of amides is 4. The maximum atomic E-state index is 13.2. The molecular formula is C89H81BrN16O4. The molecule has 0 atom stereocenters. The predicted octanol–water partition coefficient (Wildman–Crippen LogP) is 14.3. The largest absolute Gasteiger partial charge is 0.338 e. The summed E-state index contributed by atoms with van der Waals surface area (Å²) in [7, 11) is 0. The van der Waals surface area contributed by atoms with Crippen molar-refractivity contribution in [1.29, 1.82) is 0 Å². The first-order valence-corrected chi connectivity index (χ1v) is 37.9. The molecule has 4 amide bonds. The molecule has 13 aromatic rings. The summed E-state index contributed by atoms with van der Waals surface area (Å²) in [6, 6.07) is 62.1. The Morgan fingerprint density at radius 3 is 1.28 bits per heavy atom. The number of carbonyl (C=O) groups is 4. The van der Waals surface area contributed by atoms with E-state index in [2.05, 4.69) is 115 Å². The summed E-state index contributed by atoms with van der Waals surface area (Å²) in [5, 5.41) is 22.9. The summed E-state index contributed by atoms with van der Waals surface area (Å²) in [6.45, 7) is 8.14. The number of pyridine rings is 5. The van der Waals surface area contributed by atoms with Crippen molar-refractivity contribution in [3.05, 3.63) is 333 Å². The minimum absolute atomic E-state index is 0.124. The van der Waals surface area contributed by atoms with Crippen LogP contribution in [0.4, 0.5) is 0 Å². The summed E-state index contributed by atoms with van der Waals surface area (Å²) in [6.07, 6.45) is 22.7. The van der Waals surface area contributed by atoms with Gasteiger partial charge in [0.15, 0.2) is 0 Å². The Bertz CT molecular complexity index is 5270. The molecule has 20 nitrogen and oxygen atoms in total. The highest BCUT2D eigenvalue weighted by Crippen LogP contribution is 2.35. The third-order valence-corrected chi connectivity index (χ3v) is 21.5. The van der Waals surface area contributed by atoms with Gasteiger partial charge in [-0.15, -0.1) is 0 Å². The van der Waals surface area contributed by atoms with Crippen LogP contribution in [0, 0.1) is 6.92 Å². The molecule has 110 heavy (non-hydrogen) atoms. The summed E-state index contributed by atoms with van der Waals surface area (Å²) < 4.78 is 0.974. The number of nitrogens with zero attached hydrogens (tertiary/aromatic N) is 13. The van der Waals surface area contributed by atoms with Crippen LogP contribution in [0.3, 0.4) is 0 Å². The number of aliphatic imine (C=N–C) groups is 1. The van der Waals surface area contributed by atoms with Crippen molar-refractivity contribution < 1.29 is 19.2 Å². The molecule has 0 bridgehead atoms. The summed E-state index contributed by atoms with van der Waals surface area (Å²) in [5.74, 6) is 0.599. The molecule has 18 rings (SSSR count). The second-order valence-electron chi connectivity index (χ2n) is 27.7. The van der Waals surface area contributed by atoms with Gasteiger partial charge in [-0.25, -0.2) is 0 Å². The molecule has 0 saturated heterocycles. The van der Waals surface area contributed by atoms with Gasteiger partial charge in [-0.3, -0.25) is 64.4 Å². The zero-order valence-corrected chi connectivity index (χ0v) is 62.6. The fraction of sp³-hybridized carbons (Fsp3) is 0.202. The van der Waals surface area contributed by atoms with Crippen LogP contribution >= 0.6 is 15.9 Å². The van der Waals surface area contributed by atoms with Gasteiger partial charge in [-0.1, -0.05) is 149 Å². The Hall–Kier alpha value is -12.8. The number of benzene rings is 5. The lowest BCUT2D eigenvalue weighted by Crippen LogP contribution is -2.39. The van der Waals surface area contributed by atoms with Crippen LogP contribution in [-0.2, 0) is 83.8 Å². The molecule has 5 aliphatic rings. The van der Waals surface area contributed by atoms with Crippen LogP contribution in [0.2, 0.25) is 0 Å². The van der Waals surface area contributed by atoms with Gasteiger partial charge in [-0.2, -0.15) is 15.3 Å². The Balaban J connectivity index is 0.000000117. The predicted molar refractivity (Wildman–Crippen MR) is 428 cm³/mol. The number of H-pyrrole nitrogens is 3. The third kappa shape index (κ3) is 17.1. The van der Waals surface area contributed by atoms with E-state index in [1.165, 1.54) is 16.7 Å². The van der Waals surface area contributed by atoms with E-state index < -0.39 is 0 Å². The standard InChI is InChI=1S/C25H22N4O.C24H21N5O.C21H21N3O.C19H17BrN4O/c30-24(16-20-8-4-5-9-21(20)18-6-2-1-3-7-18)29-15-12-23-22(17-29)25(28-27-23)19-10-13-26-14-11-19;30-23(14-18-4-1-2-6-20(18)19-5-3-10-26-15-19)29-13-9-22-21(16-29)24(28-27-22)17-7-11-25-12-8-17;1-15-3-2-4-16(11-15)12-20(25)24-10-7-18-13-23-21(19(18)14-24)17-5-8-22-9-6-17;20-16-4-2-1-3-14(16)11-18(25)24-10-7-17-15(12-24)19(23-22-17)13-5-8-21-9-6-13/h1-11,13-14H,12,15-17H2,(H,27,28);1-8,10-12,15H,9,13-14,16H2,(H,27,28);2-6,8-9,11H,7,10,12-14H2,1H3;1-6,8-9H,7,10-12H2,(H,22,23). The zero-order valence-electron chi connectivity index (χ0n) is 61.0. The van der Waals surface area contributed by atoms with Gasteiger partial charge in [0.05, 0.1) is 55.0 Å². The van der Waals surface area contributed by atoms with Crippen molar-refractivity contribution in [3.8, 4) is 56.0 Å². The average Bonchev–Trinajstić information content (AvgIpc) is 1.67. The molecular weight excluding hydrogens is 1440 g/mol. The smallest absolute Gasteiger partial charge is 0.227 e. The molecule has 5 aliphatic heterocycles. The zero-order chi connectivity index (χ0) is 75.1. The molecule has 0 spiro atoms. The van der Waals surface area contributed by atoms with E-state index >= 15 is 0 Å². The number of hydrogen-bond acceptors (Lipinski definition) is 13. The average molecular weight is 1520 g/mol. The van der Waals surface area contributed by atoms with Crippen molar-refractivity contribution in [1.82, 2.24) is 75.1 Å². The van der Waals surface area contributed by atoms with Gasteiger partial charge in [0, 0.05) is 200 Å². The quantitative estimate of drug-likeness (QED) is 0.0920. The van der Waals surface area contributed by atoms with Gasteiger partial charge >= 0.3 is 0 Å². The number of halogens is 1. The molecule has 0 aliphatic carbocycles. The van der Waals surface area contributed by atoms with Gasteiger partial charge in [0.25, 0.3) is 0 Å². The second kappa shape index (κ2) is 34.4. The van der Waals surface area contributed by atoms with Gasteiger partial charge in [0.1, 0.15) is 0 Å². The lowest BCUT2D eigenvalue weighted by atomic mass is 9.95. The first kappa shape index (κ1) is 72.8. The monoisotopic (exact) mass is 1520 g/mol. The Morgan fingerprint density at radius 1 is 0.382 bits per heavy atom. The number of carbonyl (C=O) groups excluding carboxylic acids is 4. The highest BCUT2D eigenvalue weighted by molar-refractivity contribution is 9.10.